The van der Waals surface area contributed by atoms with Crippen molar-refractivity contribution in [2.24, 2.45) is 11.3 Å². The van der Waals surface area contributed by atoms with Crippen LogP contribution in [0.1, 0.15) is 46.5 Å². The Hall–Kier alpha value is -1.36. The number of carbonyl (C=O) groups excluding carboxylic acids is 2. The van der Waals surface area contributed by atoms with E-state index in [-0.39, 0.29) is 6.04 Å². The van der Waals surface area contributed by atoms with Gasteiger partial charge in [0.15, 0.2) is 0 Å². The topological polar surface area (TPSA) is 58.2 Å². The fourth-order valence-electron chi connectivity index (χ4n) is 3.10. The van der Waals surface area contributed by atoms with Gasteiger partial charge >= 0.3 is 11.8 Å². The van der Waals surface area contributed by atoms with Crippen LogP contribution in [-0.2, 0) is 9.59 Å². The predicted octanol–water partition coefficient (Wildman–Crippen LogP) is 4.11. The molecule has 1 fully saturated rings. The first kappa shape index (κ1) is 18.0. The number of halogens is 1. The molecule has 0 unspecified atom stereocenters. The van der Waals surface area contributed by atoms with Crippen LogP contribution in [0, 0.1) is 11.3 Å². The van der Waals surface area contributed by atoms with Gasteiger partial charge in [0.1, 0.15) is 0 Å². The summed E-state index contributed by atoms with van der Waals surface area (Å²) in [6.45, 7) is 6.80. The summed E-state index contributed by atoms with van der Waals surface area (Å²) < 4.78 is 0.756. The van der Waals surface area contributed by atoms with E-state index in [1.165, 1.54) is 0 Å². The van der Waals surface area contributed by atoms with Crippen LogP contribution < -0.4 is 10.6 Å². The maximum absolute atomic E-state index is 12.1. The van der Waals surface area contributed by atoms with E-state index >= 15 is 0 Å². The number of amides is 2. The SMILES string of the molecule is CC(C)(C)C1CCC(NC(=O)C(=O)Nc2ccccc2Br)CC1. The molecule has 1 aromatic carbocycles. The van der Waals surface area contributed by atoms with Crippen LogP contribution in [0.2, 0.25) is 0 Å². The van der Waals surface area contributed by atoms with Crippen molar-refractivity contribution >= 4 is 33.4 Å². The van der Waals surface area contributed by atoms with Crippen molar-refractivity contribution < 1.29 is 9.59 Å². The van der Waals surface area contributed by atoms with Crippen LogP contribution in [-0.4, -0.2) is 17.9 Å². The Kier molecular flexibility index (Phi) is 5.84. The molecule has 1 aliphatic rings. The van der Waals surface area contributed by atoms with Gasteiger partial charge in [0.2, 0.25) is 0 Å². The third kappa shape index (κ3) is 5.06. The van der Waals surface area contributed by atoms with Crippen LogP contribution in [0.4, 0.5) is 5.69 Å². The molecule has 1 aliphatic carbocycles. The lowest BCUT2D eigenvalue weighted by Gasteiger charge is -2.37. The average molecular weight is 381 g/mol. The number of rotatable bonds is 2. The van der Waals surface area contributed by atoms with Gasteiger partial charge < -0.3 is 10.6 Å². The predicted molar refractivity (Wildman–Crippen MR) is 96.1 cm³/mol. The lowest BCUT2D eigenvalue weighted by Crippen LogP contribution is -2.44. The summed E-state index contributed by atoms with van der Waals surface area (Å²) in [5.41, 5.74) is 0.912. The van der Waals surface area contributed by atoms with Crippen LogP contribution in [0.15, 0.2) is 28.7 Å². The Labute approximate surface area is 146 Å². The molecule has 0 radical (unpaired) electrons. The molecule has 2 amide bonds. The second-order valence-electron chi connectivity index (χ2n) is 7.32. The van der Waals surface area contributed by atoms with Crippen molar-refractivity contribution in [1.29, 1.82) is 0 Å². The van der Waals surface area contributed by atoms with Gasteiger partial charge in [-0.15, -0.1) is 0 Å². The third-order valence-electron chi connectivity index (χ3n) is 4.62. The highest BCUT2D eigenvalue weighted by atomic mass is 79.9. The van der Waals surface area contributed by atoms with E-state index in [0.717, 1.165) is 30.2 Å². The first-order valence-corrected chi connectivity index (χ1v) is 8.93. The molecule has 23 heavy (non-hydrogen) atoms. The molecule has 126 valence electrons. The zero-order chi connectivity index (χ0) is 17.0. The Bertz CT molecular complexity index is 573. The van der Waals surface area contributed by atoms with Crippen molar-refractivity contribution in [3.63, 3.8) is 0 Å². The second-order valence-corrected chi connectivity index (χ2v) is 8.18. The van der Waals surface area contributed by atoms with Crippen LogP contribution in [0.3, 0.4) is 0 Å². The zero-order valence-corrected chi connectivity index (χ0v) is 15.6. The quantitative estimate of drug-likeness (QED) is 0.758. The van der Waals surface area contributed by atoms with Crippen molar-refractivity contribution in [2.75, 3.05) is 5.32 Å². The van der Waals surface area contributed by atoms with E-state index in [2.05, 4.69) is 47.3 Å². The maximum Gasteiger partial charge on any atom is 0.313 e. The first-order chi connectivity index (χ1) is 10.8. The smallest absolute Gasteiger partial charge is 0.313 e. The summed E-state index contributed by atoms with van der Waals surface area (Å²) in [4.78, 5) is 24.1. The van der Waals surface area contributed by atoms with E-state index in [9.17, 15) is 9.59 Å². The lowest BCUT2D eigenvalue weighted by molar-refractivity contribution is -0.136. The molecule has 5 heteroatoms. The molecule has 0 aliphatic heterocycles. The van der Waals surface area contributed by atoms with Gasteiger partial charge in [0, 0.05) is 10.5 Å². The summed E-state index contributed by atoms with van der Waals surface area (Å²) in [6, 6.07) is 7.34. The Balaban J connectivity index is 1.83. The number of benzene rings is 1. The van der Waals surface area contributed by atoms with E-state index < -0.39 is 11.8 Å². The molecular weight excluding hydrogens is 356 g/mol. The first-order valence-electron chi connectivity index (χ1n) is 8.13. The van der Waals surface area contributed by atoms with Crippen molar-refractivity contribution in [1.82, 2.24) is 5.32 Å². The van der Waals surface area contributed by atoms with Crippen molar-refractivity contribution in [3.8, 4) is 0 Å². The largest absolute Gasteiger partial charge is 0.345 e. The van der Waals surface area contributed by atoms with Gasteiger partial charge in [-0.2, -0.15) is 0 Å². The fraction of sp³-hybridized carbons (Fsp3) is 0.556. The Morgan fingerprint density at radius 2 is 1.65 bits per heavy atom. The standard InChI is InChI=1S/C18H25BrN2O2/c1-18(2,3)12-8-10-13(11-9-12)20-16(22)17(23)21-15-7-5-4-6-14(15)19/h4-7,12-13H,8-11H2,1-3H3,(H,20,22)(H,21,23). The summed E-state index contributed by atoms with van der Waals surface area (Å²) in [5.74, 6) is -0.487. The minimum absolute atomic E-state index is 0.103. The second kappa shape index (κ2) is 7.47. The van der Waals surface area contributed by atoms with Crippen molar-refractivity contribution in [3.05, 3.63) is 28.7 Å². The number of para-hydroxylation sites is 1. The monoisotopic (exact) mass is 380 g/mol. The molecule has 0 heterocycles. The molecule has 0 saturated heterocycles. The number of hydrogen-bond acceptors (Lipinski definition) is 2. The molecule has 1 aromatic rings. The molecule has 0 spiro atoms. The number of hydrogen-bond donors (Lipinski definition) is 2. The lowest BCUT2D eigenvalue weighted by atomic mass is 9.71. The average Bonchev–Trinajstić information content (AvgIpc) is 2.49. The highest BCUT2D eigenvalue weighted by Crippen LogP contribution is 2.37. The molecule has 0 atom stereocenters. The maximum atomic E-state index is 12.1. The molecule has 2 rings (SSSR count). The normalized spacial score (nSPS) is 21.6. The summed E-state index contributed by atoms with van der Waals surface area (Å²) in [5, 5.41) is 5.50. The van der Waals surface area contributed by atoms with Crippen LogP contribution >= 0.6 is 15.9 Å². The van der Waals surface area contributed by atoms with Gasteiger partial charge in [-0.1, -0.05) is 32.9 Å². The van der Waals surface area contributed by atoms with Gasteiger partial charge in [0.25, 0.3) is 0 Å². The minimum atomic E-state index is -0.616. The van der Waals surface area contributed by atoms with E-state index in [1.807, 2.05) is 18.2 Å². The Morgan fingerprint density at radius 3 is 2.22 bits per heavy atom. The van der Waals surface area contributed by atoms with Gasteiger partial charge in [0.05, 0.1) is 5.69 Å². The van der Waals surface area contributed by atoms with Gasteiger partial charge in [-0.3, -0.25) is 9.59 Å². The summed E-state index contributed by atoms with van der Waals surface area (Å²) in [6.07, 6.45) is 4.08. The zero-order valence-electron chi connectivity index (χ0n) is 14.0. The van der Waals surface area contributed by atoms with Gasteiger partial charge in [-0.25, -0.2) is 0 Å². The Morgan fingerprint density at radius 1 is 1.04 bits per heavy atom. The highest BCUT2D eigenvalue weighted by Gasteiger charge is 2.30. The molecule has 0 aromatic heterocycles. The molecule has 2 N–H and O–H groups in total. The number of anilines is 1. The van der Waals surface area contributed by atoms with Crippen molar-refractivity contribution in [2.45, 2.75) is 52.5 Å². The molecule has 1 saturated carbocycles. The van der Waals surface area contributed by atoms with E-state index in [4.69, 9.17) is 0 Å². The van der Waals surface area contributed by atoms with Crippen LogP contribution in [0.25, 0.3) is 0 Å². The fourth-order valence-corrected chi connectivity index (χ4v) is 3.48. The number of nitrogens with one attached hydrogen (secondary N) is 2. The van der Waals surface area contributed by atoms with Gasteiger partial charge in [-0.05, 0) is 65.1 Å². The summed E-state index contributed by atoms with van der Waals surface area (Å²) in [7, 11) is 0. The minimum Gasteiger partial charge on any atom is -0.345 e. The number of carbonyl (C=O) groups is 2. The van der Waals surface area contributed by atoms with E-state index in [1.54, 1.807) is 6.07 Å². The molecule has 0 bridgehead atoms. The van der Waals surface area contributed by atoms with E-state index in [0.29, 0.717) is 17.0 Å². The highest BCUT2D eigenvalue weighted by molar-refractivity contribution is 9.10. The molecular formula is C18H25BrN2O2. The summed E-state index contributed by atoms with van der Waals surface area (Å²) >= 11 is 3.35. The third-order valence-corrected chi connectivity index (χ3v) is 5.31. The molecule has 4 nitrogen and oxygen atoms in total. The van der Waals surface area contributed by atoms with Crippen LogP contribution in [0.5, 0.6) is 0 Å².